The Morgan fingerprint density at radius 2 is 2.06 bits per heavy atom. The fourth-order valence-electron chi connectivity index (χ4n) is 4.60. The number of anilines is 1. The first-order valence-corrected chi connectivity index (χ1v) is 10.2. The minimum Gasteiger partial charge on any atom is -0.507 e. The summed E-state index contributed by atoms with van der Waals surface area (Å²) in [7, 11) is 3.84. The second kappa shape index (κ2) is 7.12. The summed E-state index contributed by atoms with van der Waals surface area (Å²) in [6.07, 6.45) is 6.99. The normalized spacial score (nSPS) is 27.5. The first-order valence-electron chi connectivity index (χ1n) is 10.2. The van der Waals surface area contributed by atoms with E-state index in [1.807, 2.05) is 44.1 Å². The molecule has 2 aromatic heterocycles. The topological polar surface area (TPSA) is 83.2 Å². The molecule has 0 spiro atoms. The SMILES string of the molecule is CN(c1ccc(-c2ccc(-n3ccnn3)cc2O)nn1)[C@H]1CC2C=C[C@](C)([C@@H]1F)N2C. The van der Waals surface area contributed by atoms with Crippen molar-refractivity contribution in [3.63, 3.8) is 0 Å². The van der Waals surface area contributed by atoms with Gasteiger partial charge in [0.05, 0.1) is 35.4 Å². The molecule has 0 amide bonds. The number of rotatable bonds is 4. The lowest BCUT2D eigenvalue weighted by atomic mass is 9.84. The zero-order valence-electron chi connectivity index (χ0n) is 17.6. The minimum absolute atomic E-state index is 0.0677. The third-order valence-corrected chi connectivity index (χ3v) is 6.75. The monoisotopic (exact) mass is 421 g/mol. The molecule has 1 fully saturated rings. The van der Waals surface area contributed by atoms with Crippen LogP contribution in [0.4, 0.5) is 10.2 Å². The third kappa shape index (κ3) is 3.07. The number of aromatic hydroxyl groups is 1. The van der Waals surface area contributed by atoms with E-state index in [-0.39, 0.29) is 17.8 Å². The number of fused-ring (bicyclic) bond motifs is 2. The summed E-state index contributed by atoms with van der Waals surface area (Å²) in [4.78, 5) is 3.98. The molecule has 9 heteroatoms. The van der Waals surface area contributed by atoms with Crippen molar-refractivity contribution in [2.45, 2.75) is 37.1 Å². The Kier molecular flexibility index (Phi) is 4.51. The van der Waals surface area contributed by atoms with Crippen LogP contribution in [0.2, 0.25) is 0 Å². The zero-order chi connectivity index (χ0) is 21.8. The Hall–Kier alpha value is -3.33. The molecule has 5 rings (SSSR count). The van der Waals surface area contributed by atoms with Crippen LogP contribution in [0.15, 0.2) is 54.9 Å². The molecule has 31 heavy (non-hydrogen) atoms. The number of hydrogen-bond acceptors (Lipinski definition) is 7. The van der Waals surface area contributed by atoms with Gasteiger partial charge in [0.25, 0.3) is 0 Å². The molecule has 4 heterocycles. The van der Waals surface area contributed by atoms with Crippen LogP contribution in [0.25, 0.3) is 16.9 Å². The van der Waals surface area contributed by atoms with Crippen LogP contribution < -0.4 is 4.90 Å². The average Bonchev–Trinajstić information content (AvgIpc) is 3.38. The summed E-state index contributed by atoms with van der Waals surface area (Å²) in [5.74, 6) is 0.667. The molecule has 1 unspecified atom stereocenters. The van der Waals surface area contributed by atoms with E-state index in [4.69, 9.17) is 0 Å². The molecule has 0 saturated carbocycles. The quantitative estimate of drug-likeness (QED) is 0.649. The summed E-state index contributed by atoms with van der Waals surface area (Å²) in [5, 5.41) is 26.8. The highest BCUT2D eigenvalue weighted by Crippen LogP contribution is 2.42. The molecule has 1 aromatic carbocycles. The molecule has 0 radical (unpaired) electrons. The van der Waals surface area contributed by atoms with Gasteiger partial charge in [-0.1, -0.05) is 17.4 Å². The van der Waals surface area contributed by atoms with E-state index in [9.17, 15) is 5.11 Å². The number of hydrogen-bond donors (Lipinski definition) is 1. The van der Waals surface area contributed by atoms with Crippen molar-refractivity contribution in [3.8, 4) is 22.7 Å². The van der Waals surface area contributed by atoms with E-state index in [0.29, 0.717) is 29.2 Å². The van der Waals surface area contributed by atoms with Crippen LogP contribution in [0.5, 0.6) is 5.75 Å². The molecule has 3 aromatic rings. The van der Waals surface area contributed by atoms with Gasteiger partial charge in [-0.05, 0) is 44.7 Å². The number of piperidine rings is 1. The van der Waals surface area contributed by atoms with E-state index in [2.05, 4.69) is 31.5 Å². The highest BCUT2D eigenvalue weighted by Gasteiger charge is 2.52. The van der Waals surface area contributed by atoms with Gasteiger partial charge in [0.15, 0.2) is 5.82 Å². The molecular formula is C22H24FN7O. The maximum atomic E-state index is 15.4. The maximum Gasteiger partial charge on any atom is 0.151 e. The Morgan fingerprint density at radius 3 is 2.74 bits per heavy atom. The van der Waals surface area contributed by atoms with Crippen LogP contribution in [0.3, 0.4) is 0 Å². The van der Waals surface area contributed by atoms with Gasteiger partial charge in [-0.3, -0.25) is 4.90 Å². The van der Waals surface area contributed by atoms with Crippen LogP contribution >= 0.6 is 0 Å². The van der Waals surface area contributed by atoms with Crippen LogP contribution in [0, 0.1) is 0 Å². The lowest BCUT2D eigenvalue weighted by molar-refractivity contribution is 0.0180. The van der Waals surface area contributed by atoms with Gasteiger partial charge in [0, 0.05) is 24.7 Å². The summed E-state index contributed by atoms with van der Waals surface area (Å²) in [6.45, 7) is 1.94. The first-order chi connectivity index (χ1) is 14.9. The first kappa shape index (κ1) is 19.6. The second-order valence-corrected chi connectivity index (χ2v) is 8.40. The van der Waals surface area contributed by atoms with Crippen molar-refractivity contribution >= 4 is 5.82 Å². The zero-order valence-corrected chi connectivity index (χ0v) is 17.6. The van der Waals surface area contributed by atoms with E-state index in [0.717, 1.165) is 0 Å². The summed E-state index contributed by atoms with van der Waals surface area (Å²) in [6, 6.07) is 8.71. The van der Waals surface area contributed by atoms with E-state index in [1.165, 1.54) is 0 Å². The Labute approximate surface area is 179 Å². The lowest BCUT2D eigenvalue weighted by Gasteiger charge is -2.49. The van der Waals surface area contributed by atoms with Crippen molar-refractivity contribution in [2.75, 3.05) is 19.0 Å². The van der Waals surface area contributed by atoms with E-state index >= 15 is 4.39 Å². The maximum absolute atomic E-state index is 15.4. The smallest absolute Gasteiger partial charge is 0.151 e. The Morgan fingerprint density at radius 1 is 1.23 bits per heavy atom. The van der Waals surface area contributed by atoms with Gasteiger partial charge in [-0.15, -0.1) is 15.3 Å². The molecule has 2 aliphatic heterocycles. The number of phenols is 1. The molecule has 2 aliphatic rings. The van der Waals surface area contributed by atoms with E-state index in [1.54, 1.807) is 35.3 Å². The number of halogens is 1. The number of alkyl halides is 1. The molecule has 4 atom stereocenters. The third-order valence-electron chi connectivity index (χ3n) is 6.75. The number of phenolic OH excluding ortho intramolecular Hbond substituents is 1. The lowest BCUT2D eigenvalue weighted by Crippen LogP contribution is -2.63. The molecule has 8 nitrogen and oxygen atoms in total. The molecule has 1 N–H and O–H groups in total. The Balaban J connectivity index is 1.37. The van der Waals surface area contributed by atoms with Crippen molar-refractivity contribution in [1.29, 1.82) is 0 Å². The van der Waals surface area contributed by atoms with Crippen LogP contribution in [0.1, 0.15) is 13.3 Å². The van der Waals surface area contributed by atoms with Crippen LogP contribution in [-0.2, 0) is 0 Å². The van der Waals surface area contributed by atoms with Crippen molar-refractivity contribution in [2.24, 2.45) is 0 Å². The van der Waals surface area contributed by atoms with Gasteiger partial charge in [-0.2, -0.15) is 0 Å². The second-order valence-electron chi connectivity index (χ2n) is 8.40. The van der Waals surface area contributed by atoms with Crippen molar-refractivity contribution in [3.05, 3.63) is 54.9 Å². The van der Waals surface area contributed by atoms with Gasteiger partial charge < -0.3 is 10.0 Å². The van der Waals surface area contributed by atoms with Crippen molar-refractivity contribution in [1.82, 2.24) is 30.1 Å². The molecule has 2 bridgehead atoms. The summed E-state index contributed by atoms with van der Waals surface area (Å²) in [5.41, 5.74) is 1.18. The number of aromatic nitrogens is 5. The summed E-state index contributed by atoms with van der Waals surface area (Å²) >= 11 is 0. The van der Waals surface area contributed by atoms with E-state index < -0.39 is 11.7 Å². The predicted molar refractivity (Wildman–Crippen MR) is 115 cm³/mol. The minimum atomic E-state index is -1.05. The highest BCUT2D eigenvalue weighted by molar-refractivity contribution is 5.69. The molecular weight excluding hydrogens is 397 g/mol. The highest BCUT2D eigenvalue weighted by atomic mass is 19.1. The van der Waals surface area contributed by atoms with Gasteiger partial charge in [0.1, 0.15) is 11.9 Å². The standard InChI is InChI=1S/C22H24FN7O/c1-22-9-8-14(29(22)3)12-18(21(22)23)28(2)20-7-6-17(25-26-20)16-5-4-15(13-19(16)31)30-11-10-24-27-30/h4-11,13-14,18,21,31H,12H2,1-3H3/t14?,18-,21+,22+/m0/s1. The largest absolute Gasteiger partial charge is 0.507 e. The fourth-order valence-corrected chi connectivity index (χ4v) is 4.60. The van der Waals surface area contributed by atoms with Crippen molar-refractivity contribution < 1.29 is 9.50 Å². The molecule has 0 aliphatic carbocycles. The Bertz CT molecular complexity index is 1120. The van der Waals surface area contributed by atoms with Gasteiger partial charge in [0.2, 0.25) is 0 Å². The average molecular weight is 421 g/mol. The molecule has 1 saturated heterocycles. The number of benzene rings is 1. The van der Waals surface area contributed by atoms with Crippen LogP contribution in [-0.4, -0.2) is 73.1 Å². The predicted octanol–water partition coefficient (Wildman–Crippen LogP) is 2.61. The van der Waals surface area contributed by atoms with Gasteiger partial charge >= 0.3 is 0 Å². The number of nitrogens with zero attached hydrogens (tertiary/aromatic N) is 7. The van der Waals surface area contributed by atoms with Gasteiger partial charge in [-0.25, -0.2) is 9.07 Å². The fraction of sp³-hybridized carbons (Fsp3) is 0.364. The molecule has 160 valence electrons. The number of likely N-dealkylation sites (N-methyl/N-ethyl adjacent to an activating group) is 1. The summed E-state index contributed by atoms with van der Waals surface area (Å²) < 4.78 is 17.0.